The molecule has 7 heavy (non-hydrogen) atoms. The Morgan fingerprint density at radius 3 is 2.71 bits per heavy atom. The average Bonchev–Trinajstić information content (AvgIpc) is 1.61. The van der Waals surface area contributed by atoms with E-state index < -0.39 is 9.17 Å². The lowest BCUT2D eigenvalue weighted by molar-refractivity contribution is 0.249. The fraction of sp³-hybridized carbons (Fsp3) is 0.333. The molecule has 0 saturated heterocycles. The molecule has 3 nitrogen and oxygen atoms in total. The van der Waals surface area contributed by atoms with Crippen LogP contribution in [0.5, 0.6) is 0 Å². The first kappa shape index (κ1) is 6.36. The van der Waals surface area contributed by atoms with Gasteiger partial charge in [0, 0.05) is 0 Å². The van der Waals surface area contributed by atoms with Gasteiger partial charge >= 0.3 is 9.17 Å². The molecule has 0 aromatic heterocycles. The lowest BCUT2D eigenvalue weighted by Gasteiger charge is -1.88. The van der Waals surface area contributed by atoms with Gasteiger partial charge < -0.3 is 9.22 Å². The molecule has 0 unspecified atom stereocenters. The Morgan fingerprint density at radius 1 is 2.00 bits per heavy atom. The van der Waals surface area contributed by atoms with Gasteiger partial charge in [0.2, 0.25) is 0 Å². The molecule has 0 fully saturated rings. The van der Waals surface area contributed by atoms with E-state index in [2.05, 4.69) is 11.0 Å². The highest BCUT2D eigenvalue weighted by molar-refractivity contribution is 6.24. The van der Waals surface area contributed by atoms with Crippen molar-refractivity contribution in [1.82, 2.24) is 0 Å². The average molecular weight is 118 g/mol. The highest BCUT2D eigenvalue weighted by atomic mass is 28.3. The van der Waals surface area contributed by atoms with Crippen LogP contribution in [-0.2, 0) is 8.89 Å². The Hall–Kier alpha value is -0.643. The van der Waals surface area contributed by atoms with Gasteiger partial charge in [0.25, 0.3) is 0 Å². The van der Waals surface area contributed by atoms with E-state index in [4.69, 9.17) is 4.80 Å². The van der Waals surface area contributed by atoms with Crippen LogP contribution in [0.2, 0.25) is 0 Å². The zero-order chi connectivity index (χ0) is 5.70. The van der Waals surface area contributed by atoms with Gasteiger partial charge in [-0.3, -0.25) is 4.46 Å². The van der Waals surface area contributed by atoms with E-state index in [1.807, 2.05) is 0 Å². The Kier molecular flexibility index (Phi) is 3.22. The molecule has 0 spiro atoms. The van der Waals surface area contributed by atoms with Crippen molar-refractivity contribution in [3.63, 3.8) is 0 Å². The minimum Gasteiger partial charge on any atom is -0.511 e. The van der Waals surface area contributed by atoms with Gasteiger partial charge in [-0.1, -0.05) is 12.7 Å². The second kappa shape index (κ2) is 3.54. The molecule has 0 rings (SSSR count). The molecular formula is C3H6O3Si. The summed E-state index contributed by atoms with van der Waals surface area (Å²) in [6, 6.07) is 0. The summed E-state index contributed by atoms with van der Waals surface area (Å²) in [6.07, 6.45) is 1.42. The molecular weight excluding hydrogens is 112 g/mol. The van der Waals surface area contributed by atoms with Gasteiger partial charge in [-0.25, -0.2) is 0 Å². The molecule has 0 atom stereocenters. The van der Waals surface area contributed by atoms with Crippen LogP contribution in [0.15, 0.2) is 12.7 Å². The fourth-order valence-corrected chi connectivity index (χ4v) is 0.391. The third kappa shape index (κ3) is 5.36. The van der Waals surface area contributed by atoms with Crippen molar-refractivity contribution in [2.24, 2.45) is 0 Å². The summed E-state index contributed by atoms with van der Waals surface area (Å²) < 4.78 is 13.8. The first-order valence-electron chi connectivity index (χ1n) is 1.74. The molecule has 40 valence electrons. The molecule has 0 aliphatic carbocycles. The summed E-state index contributed by atoms with van der Waals surface area (Å²) in [4.78, 5) is 7.96. The molecule has 0 aromatic carbocycles. The van der Waals surface area contributed by atoms with E-state index in [1.54, 1.807) is 0 Å². The largest absolute Gasteiger partial charge is 0.764 e. The van der Waals surface area contributed by atoms with Crippen molar-refractivity contribution in [2.45, 2.75) is 0 Å². The lowest BCUT2D eigenvalue weighted by atomic mass is 10.7. The highest BCUT2D eigenvalue weighted by Crippen LogP contribution is 1.68. The van der Waals surface area contributed by atoms with Crippen LogP contribution in [0.3, 0.4) is 0 Å². The van der Waals surface area contributed by atoms with Crippen molar-refractivity contribution >= 4 is 9.17 Å². The predicted molar refractivity (Wildman–Crippen MR) is 24.8 cm³/mol. The van der Waals surface area contributed by atoms with Crippen LogP contribution in [0.25, 0.3) is 0 Å². The highest BCUT2D eigenvalue weighted by Gasteiger charge is 1.98. The number of rotatable bonds is 3. The van der Waals surface area contributed by atoms with Gasteiger partial charge in [-0.2, -0.15) is 0 Å². The maximum Gasteiger partial charge on any atom is 0.764 e. The summed E-state index contributed by atoms with van der Waals surface area (Å²) >= 11 is 0. The van der Waals surface area contributed by atoms with Crippen LogP contribution in [-0.4, -0.2) is 20.6 Å². The van der Waals surface area contributed by atoms with E-state index in [0.717, 1.165) is 0 Å². The van der Waals surface area contributed by atoms with E-state index in [0.29, 0.717) is 0 Å². The SMILES string of the molecule is C=CCO[Si](=O)O. The van der Waals surface area contributed by atoms with E-state index in [-0.39, 0.29) is 6.61 Å². The van der Waals surface area contributed by atoms with Gasteiger partial charge in [-0.05, 0) is 0 Å². The Bertz CT molecular complexity index is 80.2. The maximum absolute atomic E-state index is 9.67. The molecule has 0 saturated carbocycles. The number of hydrogen-bond donors (Lipinski definition) is 1. The molecule has 0 aromatic rings. The second-order valence-corrected chi connectivity index (χ2v) is 1.69. The minimum atomic E-state index is -2.72. The fourth-order valence-electron chi connectivity index (χ4n) is 0.130. The third-order valence-electron chi connectivity index (χ3n) is 0.325. The third-order valence-corrected chi connectivity index (χ3v) is 0.738. The second-order valence-electron chi connectivity index (χ2n) is 0.866. The van der Waals surface area contributed by atoms with Crippen LogP contribution in [0.4, 0.5) is 0 Å². The molecule has 0 aliphatic heterocycles. The minimum absolute atomic E-state index is 0.147. The van der Waals surface area contributed by atoms with Crippen LogP contribution in [0, 0.1) is 0 Å². The summed E-state index contributed by atoms with van der Waals surface area (Å²) in [5.41, 5.74) is 0. The van der Waals surface area contributed by atoms with E-state index in [1.165, 1.54) is 6.08 Å². The summed E-state index contributed by atoms with van der Waals surface area (Å²) in [5, 5.41) is 0. The molecule has 1 N–H and O–H groups in total. The first-order valence-corrected chi connectivity index (χ1v) is 3.00. The zero-order valence-corrected chi connectivity index (χ0v) is 4.76. The summed E-state index contributed by atoms with van der Waals surface area (Å²) in [7, 11) is -2.72. The van der Waals surface area contributed by atoms with Crippen molar-refractivity contribution in [2.75, 3.05) is 6.61 Å². The van der Waals surface area contributed by atoms with Crippen LogP contribution in [0.1, 0.15) is 0 Å². The molecule has 0 heterocycles. The smallest absolute Gasteiger partial charge is 0.511 e. The predicted octanol–water partition coefficient (Wildman–Crippen LogP) is -0.403. The standard InChI is InChI=1S/C3H6O3Si/c1-2-3-6-7(4)5/h2,4H,1,3H2. The molecule has 0 bridgehead atoms. The monoisotopic (exact) mass is 118 g/mol. The first-order chi connectivity index (χ1) is 3.27. The van der Waals surface area contributed by atoms with Gasteiger partial charge in [-0.15, -0.1) is 0 Å². The normalized spacial score (nSPS) is 7.43. The zero-order valence-electron chi connectivity index (χ0n) is 3.76. The van der Waals surface area contributed by atoms with Crippen LogP contribution < -0.4 is 0 Å². The van der Waals surface area contributed by atoms with Crippen molar-refractivity contribution in [1.29, 1.82) is 0 Å². The molecule has 4 heteroatoms. The van der Waals surface area contributed by atoms with Gasteiger partial charge in [0.05, 0.1) is 6.61 Å². The van der Waals surface area contributed by atoms with Crippen molar-refractivity contribution in [3.05, 3.63) is 12.7 Å². The summed E-state index contributed by atoms with van der Waals surface area (Å²) in [5.74, 6) is 0. The Balaban J connectivity index is 2.97. The lowest BCUT2D eigenvalue weighted by Crippen LogP contribution is -2.04. The molecule has 0 aliphatic rings. The number of hydrogen-bond acceptors (Lipinski definition) is 2. The summed E-state index contributed by atoms with van der Waals surface area (Å²) in [6.45, 7) is 3.42. The topological polar surface area (TPSA) is 46.5 Å². The van der Waals surface area contributed by atoms with E-state index in [9.17, 15) is 4.46 Å². The molecule has 0 amide bonds. The van der Waals surface area contributed by atoms with Crippen molar-refractivity contribution < 1.29 is 13.7 Å². The van der Waals surface area contributed by atoms with E-state index >= 15 is 0 Å². The quantitative estimate of drug-likeness (QED) is 0.405. The van der Waals surface area contributed by atoms with Crippen LogP contribution >= 0.6 is 0 Å². The Labute approximate surface area is 43.1 Å². The maximum atomic E-state index is 9.67. The van der Waals surface area contributed by atoms with Gasteiger partial charge in [0.1, 0.15) is 0 Å². The van der Waals surface area contributed by atoms with Gasteiger partial charge in [0.15, 0.2) is 0 Å². The van der Waals surface area contributed by atoms with Crippen molar-refractivity contribution in [3.8, 4) is 0 Å². The Morgan fingerprint density at radius 2 is 2.57 bits per heavy atom. The molecule has 0 radical (unpaired) electrons.